The highest BCUT2D eigenvalue weighted by Gasteiger charge is 2.09. The van der Waals surface area contributed by atoms with Crippen molar-refractivity contribution in [1.82, 2.24) is 5.43 Å². The van der Waals surface area contributed by atoms with Gasteiger partial charge in [0.15, 0.2) is 18.1 Å². The molecule has 0 unspecified atom stereocenters. The first kappa shape index (κ1) is 23.3. The van der Waals surface area contributed by atoms with Gasteiger partial charge in [-0.2, -0.15) is 5.10 Å². The number of rotatable bonds is 9. The van der Waals surface area contributed by atoms with Crippen LogP contribution in [0.1, 0.15) is 11.1 Å². The molecule has 0 aliphatic rings. The number of para-hydroxylation sites is 2. The van der Waals surface area contributed by atoms with E-state index in [1.807, 2.05) is 72.8 Å². The second kappa shape index (κ2) is 11.3. The van der Waals surface area contributed by atoms with Crippen molar-refractivity contribution in [1.29, 1.82) is 0 Å². The number of hydrogen-bond donors (Lipinski definition) is 1. The third-order valence-corrected chi connectivity index (χ3v) is 5.52. The second-order valence-corrected chi connectivity index (χ2v) is 8.27. The molecule has 0 aliphatic carbocycles. The van der Waals surface area contributed by atoms with Crippen molar-refractivity contribution in [3.8, 4) is 17.2 Å². The number of hydrazone groups is 1. The normalized spacial score (nSPS) is 10.9. The standard InChI is InChI=1S/C27H23BrN2O4/c1-32-25-11-4-5-12-26(25)34-18-27(31)30-29-16-23-22-10-3-2-8-20(22)13-14-24(23)33-17-19-7-6-9-21(28)15-19/h2-16H,17-18H2,1H3,(H,30,31)/b29-16-. The van der Waals surface area contributed by atoms with E-state index in [1.165, 1.54) is 0 Å². The Bertz CT molecular complexity index is 1320. The third-order valence-electron chi connectivity index (χ3n) is 5.02. The Kier molecular flexibility index (Phi) is 7.78. The van der Waals surface area contributed by atoms with Crippen LogP contribution in [0.15, 0.2) is 94.5 Å². The summed E-state index contributed by atoms with van der Waals surface area (Å²) in [7, 11) is 1.55. The average Bonchev–Trinajstić information content (AvgIpc) is 2.87. The lowest BCUT2D eigenvalue weighted by Gasteiger charge is -2.12. The Morgan fingerprint density at radius 1 is 0.912 bits per heavy atom. The van der Waals surface area contributed by atoms with Crippen LogP contribution in [0.4, 0.5) is 0 Å². The van der Waals surface area contributed by atoms with Gasteiger partial charge in [0.1, 0.15) is 12.4 Å². The van der Waals surface area contributed by atoms with E-state index in [0.29, 0.717) is 23.9 Å². The molecular weight excluding hydrogens is 496 g/mol. The molecule has 0 fully saturated rings. The number of amides is 1. The van der Waals surface area contributed by atoms with E-state index >= 15 is 0 Å². The van der Waals surface area contributed by atoms with E-state index < -0.39 is 0 Å². The van der Waals surface area contributed by atoms with Crippen molar-refractivity contribution >= 4 is 38.8 Å². The molecule has 6 nitrogen and oxygen atoms in total. The van der Waals surface area contributed by atoms with E-state index in [4.69, 9.17) is 14.2 Å². The number of nitrogens with one attached hydrogen (secondary N) is 1. The maximum Gasteiger partial charge on any atom is 0.277 e. The first-order valence-electron chi connectivity index (χ1n) is 10.6. The number of carbonyl (C=O) groups excluding carboxylic acids is 1. The fourth-order valence-electron chi connectivity index (χ4n) is 3.40. The van der Waals surface area contributed by atoms with Gasteiger partial charge in [-0.15, -0.1) is 0 Å². The molecule has 4 aromatic carbocycles. The van der Waals surface area contributed by atoms with Crippen molar-refractivity contribution < 1.29 is 19.0 Å². The zero-order valence-corrected chi connectivity index (χ0v) is 20.1. The van der Waals surface area contributed by atoms with Gasteiger partial charge in [-0.3, -0.25) is 4.79 Å². The zero-order chi connectivity index (χ0) is 23.8. The predicted molar refractivity (Wildman–Crippen MR) is 137 cm³/mol. The molecule has 1 N–H and O–H groups in total. The summed E-state index contributed by atoms with van der Waals surface area (Å²) in [5.74, 6) is 1.32. The fourth-order valence-corrected chi connectivity index (χ4v) is 3.85. The number of carbonyl (C=O) groups is 1. The van der Waals surface area contributed by atoms with Crippen LogP contribution in [0, 0.1) is 0 Å². The number of benzene rings is 4. The number of fused-ring (bicyclic) bond motifs is 1. The lowest BCUT2D eigenvalue weighted by molar-refractivity contribution is -0.123. The fraction of sp³-hybridized carbons (Fsp3) is 0.111. The van der Waals surface area contributed by atoms with Gasteiger partial charge in [0.05, 0.1) is 13.3 Å². The maximum absolute atomic E-state index is 12.3. The van der Waals surface area contributed by atoms with Gasteiger partial charge in [0.25, 0.3) is 5.91 Å². The summed E-state index contributed by atoms with van der Waals surface area (Å²) in [4.78, 5) is 12.3. The molecule has 172 valence electrons. The van der Waals surface area contributed by atoms with E-state index in [9.17, 15) is 4.79 Å². The summed E-state index contributed by atoms with van der Waals surface area (Å²) < 4.78 is 17.9. The molecule has 0 aromatic heterocycles. The summed E-state index contributed by atoms with van der Waals surface area (Å²) >= 11 is 3.48. The highest BCUT2D eigenvalue weighted by Crippen LogP contribution is 2.28. The Morgan fingerprint density at radius 3 is 2.53 bits per heavy atom. The van der Waals surface area contributed by atoms with Crippen LogP contribution in [0.25, 0.3) is 10.8 Å². The first-order valence-corrected chi connectivity index (χ1v) is 11.4. The molecule has 0 bridgehead atoms. The minimum Gasteiger partial charge on any atom is -0.493 e. The molecule has 0 atom stereocenters. The number of halogens is 1. The van der Waals surface area contributed by atoms with Crippen molar-refractivity contribution in [2.24, 2.45) is 5.10 Å². The lowest BCUT2D eigenvalue weighted by Crippen LogP contribution is -2.24. The number of nitrogens with zero attached hydrogens (tertiary/aromatic N) is 1. The molecule has 0 spiro atoms. The van der Waals surface area contributed by atoms with Gasteiger partial charge in [-0.1, -0.05) is 70.5 Å². The van der Waals surface area contributed by atoms with Crippen molar-refractivity contribution in [2.45, 2.75) is 6.61 Å². The predicted octanol–water partition coefficient (Wildman–Crippen LogP) is 5.72. The number of ether oxygens (including phenoxy) is 3. The Hall–Kier alpha value is -3.84. The quantitative estimate of drug-likeness (QED) is 0.227. The Labute approximate surface area is 206 Å². The molecule has 0 radical (unpaired) electrons. The van der Waals surface area contributed by atoms with Gasteiger partial charge < -0.3 is 14.2 Å². The van der Waals surface area contributed by atoms with E-state index in [2.05, 4.69) is 26.5 Å². The molecule has 4 aromatic rings. The van der Waals surface area contributed by atoms with Crippen LogP contribution < -0.4 is 19.6 Å². The van der Waals surface area contributed by atoms with Crippen molar-refractivity contribution in [2.75, 3.05) is 13.7 Å². The maximum atomic E-state index is 12.3. The minimum absolute atomic E-state index is 0.195. The molecule has 4 rings (SSSR count). The van der Waals surface area contributed by atoms with Crippen LogP contribution in [0.2, 0.25) is 0 Å². The van der Waals surface area contributed by atoms with Crippen LogP contribution in [0.3, 0.4) is 0 Å². The highest BCUT2D eigenvalue weighted by molar-refractivity contribution is 9.10. The van der Waals surface area contributed by atoms with E-state index in [-0.39, 0.29) is 12.5 Å². The topological polar surface area (TPSA) is 69.2 Å². The van der Waals surface area contributed by atoms with Gasteiger partial charge in [-0.05, 0) is 46.7 Å². The lowest BCUT2D eigenvalue weighted by atomic mass is 10.0. The summed E-state index contributed by atoms with van der Waals surface area (Å²) in [5, 5.41) is 6.17. The number of hydrogen-bond acceptors (Lipinski definition) is 5. The largest absolute Gasteiger partial charge is 0.493 e. The summed E-state index contributed by atoms with van der Waals surface area (Å²) in [6.45, 7) is 0.206. The van der Waals surface area contributed by atoms with E-state index in [1.54, 1.807) is 25.5 Å². The Morgan fingerprint density at radius 2 is 1.71 bits per heavy atom. The average molecular weight is 519 g/mol. The molecule has 0 saturated heterocycles. The SMILES string of the molecule is COc1ccccc1OCC(=O)N/N=C\c1c(OCc2cccc(Br)c2)ccc2ccccc12. The van der Waals surface area contributed by atoms with Gasteiger partial charge in [0, 0.05) is 10.0 Å². The van der Waals surface area contributed by atoms with Gasteiger partial charge in [0.2, 0.25) is 0 Å². The monoisotopic (exact) mass is 518 g/mol. The summed E-state index contributed by atoms with van der Waals surface area (Å²) in [6, 6.07) is 26.9. The molecule has 7 heteroatoms. The smallest absolute Gasteiger partial charge is 0.277 e. The first-order chi connectivity index (χ1) is 16.6. The van der Waals surface area contributed by atoms with Crippen LogP contribution in [-0.4, -0.2) is 25.8 Å². The third kappa shape index (κ3) is 5.94. The van der Waals surface area contributed by atoms with Crippen molar-refractivity contribution in [3.63, 3.8) is 0 Å². The molecular formula is C27H23BrN2O4. The summed E-state index contributed by atoms with van der Waals surface area (Å²) in [5.41, 5.74) is 4.33. The Balaban J connectivity index is 1.47. The molecule has 0 saturated carbocycles. The minimum atomic E-state index is -0.390. The van der Waals surface area contributed by atoms with Gasteiger partial charge in [-0.25, -0.2) is 5.43 Å². The molecule has 1 amide bonds. The molecule has 34 heavy (non-hydrogen) atoms. The van der Waals surface area contributed by atoms with Crippen molar-refractivity contribution in [3.05, 3.63) is 101 Å². The van der Waals surface area contributed by atoms with Gasteiger partial charge >= 0.3 is 0 Å². The molecule has 0 aliphatic heterocycles. The second-order valence-electron chi connectivity index (χ2n) is 7.35. The highest BCUT2D eigenvalue weighted by atomic mass is 79.9. The van der Waals surface area contributed by atoms with Crippen LogP contribution >= 0.6 is 15.9 Å². The zero-order valence-electron chi connectivity index (χ0n) is 18.5. The number of methoxy groups -OCH3 is 1. The molecule has 0 heterocycles. The van der Waals surface area contributed by atoms with Crippen LogP contribution in [-0.2, 0) is 11.4 Å². The van der Waals surface area contributed by atoms with Crippen LogP contribution in [0.5, 0.6) is 17.2 Å². The van der Waals surface area contributed by atoms with E-state index in [0.717, 1.165) is 26.4 Å². The summed E-state index contributed by atoms with van der Waals surface area (Å²) in [6.07, 6.45) is 1.60.